The number of aromatic nitrogens is 2. The van der Waals surface area contributed by atoms with Crippen molar-refractivity contribution in [2.45, 2.75) is 53.3 Å². The molecule has 0 unspecified atom stereocenters. The van der Waals surface area contributed by atoms with Crippen LogP contribution in [0.5, 0.6) is 0 Å². The first-order valence-corrected chi connectivity index (χ1v) is 17.4. The highest BCUT2D eigenvalue weighted by Gasteiger charge is 2.28. The summed E-state index contributed by atoms with van der Waals surface area (Å²) in [7, 11) is 0. The van der Waals surface area contributed by atoms with E-state index in [0.717, 1.165) is 25.2 Å². The van der Waals surface area contributed by atoms with Crippen LogP contribution in [0.1, 0.15) is 55.3 Å². The van der Waals surface area contributed by atoms with Crippen molar-refractivity contribution in [2.24, 2.45) is 0 Å². The summed E-state index contributed by atoms with van der Waals surface area (Å²) in [6.45, 7) is 14.5. The maximum atomic E-state index is 14.9. The van der Waals surface area contributed by atoms with Crippen LogP contribution in [0.25, 0.3) is 21.8 Å². The van der Waals surface area contributed by atoms with Crippen LogP contribution in [-0.4, -0.2) is 100 Å². The quantitative estimate of drug-likeness (QED) is 0.260. The molecule has 2 aliphatic rings. The van der Waals surface area contributed by atoms with Gasteiger partial charge in [0.15, 0.2) is 0 Å². The second-order valence-corrected chi connectivity index (χ2v) is 13.8. The Morgan fingerprint density at radius 1 is 0.717 bits per heavy atom. The second-order valence-electron chi connectivity index (χ2n) is 13.8. The van der Waals surface area contributed by atoms with Gasteiger partial charge in [-0.25, -0.2) is 23.2 Å². The minimum Gasteiger partial charge on any atom is -0.477 e. The molecule has 0 bridgehead atoms. The number of amides is 1. The van der Waals surface area contributed by atoms with Gasteiger partial charge in [-0.2, -0.15) is 0 Å². The summed E-state index contributed by atoms with van der Waals surface area (Å²) < 4.78 is 38.1. The van der Waals surface area contributed by atoms with E-state index >= 15 is 0 Å². The number of halogens is 2. The molecule has 0 spiro atoms. The highest BCUT2D eigenvalue weighted by atomic mass is 19.1. The number of aryl methyl sites for hydroxylation is 2. The van der Waals surface area contributed by atoms with Crippen molar-refractivity contribution in [3.8, 4) is 0 Å². The number of fused-ring (bicyclic) bond motifs is 2. The Morgan fingerprint density at radius 3 is 1.51 bits per heavy atom. The number of nitrogens with one attached hydrogen (secondary N) is 1. The van der Waals surface area contributed by atoms with E-state index in [1.165, 1.54) is 12.4 Å². The molecule has 0 atom stereocenters. The van der Waals surface area contributed by atoms with Crippen LogP contribution in [0.15, 0.2) is 46.2 Å². The molecule has 16 heteroatoms. The molecule has 284 valence electrons. The Hall–Kier alpha value is -5.51. The number of carbonyl (C=O) groups is 3. The van der Waals surface area contributed by atoms with Gasteiger partial charge in [0, 0.05) is 88.6 Å². The lowest BCUT2D eigenvalue weighted by Gasteiger charge is -2.37. The molecular weight excluding hydrogens is 694 g/mol. The number of carboxylic acid groups (broad SMARTS) is 2. The van der Waals surface area contributed by atoms with E-state index in [-0.39, 0.29) is 21.9 Å². The highest BCUT2D eigenvalue weighted by Crippen LogP contribution is 2.28. The van der Waals surface area contributed by atoms with Gasteiger partial charge in [-0.05, 0) is 58.9 Å². The van der Waals surface area contributed by atoms with E-state index in [0.29, 0.717) is 74.8 Å². The van der Waals surface area contributed by atoms with Crippen molar-refractivity contribution >= 4 is 51.2 Å². The number of carboxylic acids is 2. The molecule has 2 aromatic heterocycles. The summed E-state index contributed by atoms with van der Waals surface area (Å²) in [5.41, 5.74) is -0.880. The van der Waals surface area contributed by atoms with Crippen LogP contribution in [0, 0.1) is 11.6 Å². The Kier molecular flexibility index (Phi) is 11.4. The molecule has 53 heavy (non-hydrogen) atoms. The van der Waals surface area contributed by atoms with Crippen LogP contribution in [-0.2, 0) is 17.8 Å². The van der Waals surface area contributed by atoms with Crippen molar-refractivity contribution in [2.75, 3.05) is 62.2 Å². The average Bonchev–Trinajstić information content (AvgIpc) is 3.11. The van der Waals surface area contributed by atoms with E-state index in [1.807, 2.05) is 23.6 Å². The third kappa shape index (κ3) is 8.27. The average molecular weight is 739 g/mol. The number of hydrogen-bond donors (Lipinski definition) is 3. The van der Waals surface area contributed by atoms with Crippen molar-refractivity contribution in [1.29, 1.82) is 0 Å². The predicted molar refractivity (Wildman–Crippen MR) is 197 cm³/mol. The Balaban J connectivity index is 0.000000211. The molecule has 2 saturated heterocycles. The molecule has 0 radical (unpaired) electrons. The normalized spacial score (nSPS) is 15.0. The number of anilines is 2. The van der Waals surface area contributed by atoms with Gasteiger partial charge in [-0.3, -0.25) is 9.59 Å². The number of carbonyl (C=O) groups excluding carboxylic acids is 1. The summed E-state index contributed by atoms with van der Waals surface area (Å²) in [4.78, 5) is 64.9. The first kappa shape index (κ1) is 38.7. The van der Waals surface area contributed by atoms with E-state index in [9.17, 15) is 37.9 Å². The summed E-state index contributed by atoms with van der Waals surface area (Å²) >= 11 is 0. The van der Waals surface area contributed by atoms with E-state index in [1.54, 1.807) is 46.9 Å². The molecule has 0 aliphatic carbocycles. The van der Waals surface area contributed by atoms with Crippen molar-refractivity contribution < 1.29 is 38.1 Å². The van der Waals surface area contributed by atoms with E-state index in [4.69, 9.17) is 9.84 Å². The van der Waals surface area contributed by atoms with Gasteiger partial charge in [0.25, 0.3) is 0 Å². The second kappa shape index (κ2) is 15.6. The first-order valence-electron chi connectivity index (χ1n) is 17.4. The van der Waals surface area contributed by atoms with Gasteiger partial charge in [-0.15, -0.1) is 0 Å². The van der Waals surface area contributed by atoms with Crippen molar-refractivity contribution in [3.05, 3.63) is 79.9 Å². The van der Waals surface area contributed by atoms with Crippen LogP contribution >= 0.6 is 0 Å². The van der Waals surface area contributed by atoms with Crippen LogP contribution < -0.4 is 26.0 Å². The standard InChI is InChI=1S/C21H26FN3O5.C16H18FN3O3/c1-5-23-12-14(19(27)28)18(26)13-10-15(22)17(11-16(13)23)24-6-8-25(9-7-24)20(29)30-21(2,3)4;1-2-19-9-11(16(22)23)15(21)10-7-12(17)14(8-13(10)19)20-5-3-18-4-6-20/h10-12H,5-9H2,1-4H3,(H,27,28);7-9,18H,2-6H2,1H3,(H,22,23). The number of ether oxygens (including phenoxy) is 1. The van der Waals surface area contributed by atoms with Crippen molar-refractivity contribution in [3.63, 3.8) is 0 Å². The lowest BCUT2D eigenvalue weighted by atomic mass is 10.1. The van der Waals surface area contributed by atoms with Gasteiger partial charge in [0.2, 0.25) is 10.9 Å². The molecule has 2 fully saturated rings. The molecule has 3 N–H and O–H groups in total. The molecule has 4 heterocycles. The number of benzene rings is 2. The number of aromatic carboxylic acids is 2. The van der Waals surface area contributed by atoms with Crippen LogP contribution in [0.3, 0.4) is 0 Å². The molecular formula is C37H44F2N6O8. The molecule has 1 amide bonds. The molecule has 4 aromatic rings. The number of nitrogens with zero attached hydrogens (tertiary/aromatic N) is 5. The van der Waals surface area contributed by atoms with Gasteiger partial charge in [-0.1, -0.05) is 0 Å². The maximum absolute atomic E-state index is 14.9. The zero-order valence-electron chi connectivity index (χ0n) is 30.4. The molecule has 0 saturated carbocycles. The Morgan fingerprint density at radius 2 is 1.13 bits per heavy atom. The molecule has 14 nitrogen and oxygen atoms in total. The largest absolute Gasteiger partial charge is 0.477 e. The minimum atomic E-state index is -1.34. The molecule has 2 aliphatic heterocycles. The van der Waals surface area contributed by atoms with Gasteiger partial charge >= 0.3 is 18.0 Å². The van der Waals surface area contributed by atoms with E-state index < -0.39 is 46.1 Å². The molecule has 2 aromatic carbocycles. The van der Waals surface area contributed by atoms with Gasteiger partial charge < -0.3 is 44.1 Å². The van der Waals surface area contributed by atoms with Crippen molar-refractivity contribution in [1.82, 2.24) is 19.4 Å². The Labute approximate surface area is 303 Å². The third-order valence-electron chi connectivity index (χ3n) is 9.17. The SMILES string of the molecule is CCn1cc(C(=O)O)c(=O)c2cc(F)c(N3CCN(C(=O)OC(C)(C)C)CC3)cc21.CCn1cc(C(=O)O)c(=O)c2cc(F)c(N3CCNCC3)cc21. The predicted octanol–water partition coefficient (Wildman–Crippen LogP) is 4.18. The third-order valence-corrected chi connectivity index (χ3v) is 9.17. The zero-order chi connectivity index (χ0) is 38.8. The first-order chi connectivity index (χ1) is 25.0. The fraction of sp³-hybridized carbons (Fsp3) is 0.432. The zero-order valence-corrected chi connectivity index (χ0v) is 30.4. The number of hydrogen-bond acceptors (Lipinski definition) is 9. The smallest absolute Gasteiger partial charge is 0.410 e. The monoisotopic (exact) mass is 738 g/mol. The fourth-order valence-electron chi connectivity index (χ4n) is 6.47. The maximum Gasteiger partial charge on any atom is 0.410 e. The van der Waals surface area contributed by atoms with E-state index in [2.05, 4.69) is 5.32 Å². The van der Waals surface area contributed by atoms with Gasteiger partial charge in [0.1, 0.15) is 28.4 Å². The molecule has 6 rings (SSSR count). The van der Waals surface area contributed by atoms with Crippen LogP contribution in [0.2, 0.25) is 0 Å². The number of pyridine rings is 2. The number of rotatable bonds is 6. The number of piperazine rings is 2. The Bertz CT molecular complexity index is 2180. The highest BCUT2D eigenvalue weighted by molar-refractivity contribution is 5.94. The minimum absolute atomic E-state index is 0.0328. The summed E-state index contributed by atoms with van der Waals surface area (Å²) in [6.07, 6.45) is 2.21. The van der Waals surface area contributed by atoms with Crippen LogP contribution in [0.4, 0.5) is 25.0 Å². The lowest BCUT2D eigenvalue weighted by Crippen LogP contribution is -2.50. The summed E-state index contributed by atoms with van der Waals surface area (Å²) in [5, 5.41) is 21.7. The fourth-order valence-corrected chi connectivity index (χ4v) is 6.47. The summed E-state index contributed by atoms with van der Waals surface area (Å²) in [5.74, 6) is -3.74. The summed E-state index contributed by atoms with van der Waals surface area (Å²) in [6, 6.07) is 5.48. The topological polar surface area (TPSA) is 167 Å². The van der Waals surface area contributed by atoms with Gasteiger partial charge in [0.05, 0.1) is 22.4 Å². The lowest BCUT2D eigenvalue weighted by molar-refractivity contribution is 0.0240.